The van der Waals surface area contributed by atoms with E-state index in [1.165, 1.54) is 12.1 Å². The van der Waals surface area contributed by atoms with Gasteiger partial charge in [-0.25, -0.2) is 4.39 Å². The quantitative estimate of drug-likeness (QED) is 0.682. The van der Waals surface area contributed by atoms with E-state index in [-0.39, 0.29) is 17.6 Å². The minimum atomic E-state index is -0.397. The molecule has 0 saturated carbocycles. The zero-order valence-corrected chi connectivity index (χ0v) is 16.7. The van der Waals surface area contributed by atoms with E-state index in [0.29, 0.717) is 45.1 Å². The van der Waals surface area contributed by atoms with Crippen LogP contribution in [-0.2, 0) is 22.4 Å². The number of nitrogens with one attached hydrogen (secondary N) is 2. The van der Waals surface area contributed by atoms with Crippen molar-refractivity contribution in [3.05, 3.63) is 65.5 Å². The number of ether oxygens (including phenoxy) is 1. The van der Waals surface area contributed by atoms with Crippen LogP contribution >= 0.6 is 0 Å². The lowest BCUT2D eigenvalue weighted by Gasteiger charge is -2.29. The van der Waals surface area contributed by atoms with Crippen molar-refractivity contribution in [2.24, 2.45) is 0 Å². The van der Waals surface area contributed by atoms with Crippen molar-refractivity contribution < 1.29 is 18.7 Å². The summed E-state index contributed by atoms with van der Waals surface area (Å²) in [6.07, 6.45) is 3.37. The average Bonchev–Trinajstić information content (AvgIpc) is 3.08. The molecule has 3 rings (SSSR count). The molecule has 154 valence electrons. The van der Waals surface area contributed by atoms with Crippen LogP contribution in [0.15, 0.2) is 48.5 Å². The summed E-state index contributed by atoms with van der Waals surface area (Å²) in [7, 11) is 1.63. The molecule has 0 bridgehead atoms. The van der Waals surface area contributed by atoms with Crippen LogP contribution in [0.1, 0.15) is 36.8 Å². The van der Waals surface area contributed by atoms with Gasteiger partial charge >= 0.3 is 0 Å². The molecule has 1 atom stereocenters. The van der Waals surface area contributed by atoms with Gasteiger partial charge in [0.05, 0.1) is 7.11 Å². The Morgan fingerprint density at radius 3 is 2.66 bits per heavy atom. The monoisotopic (exact) mass is 398 g/mol. The summed E-state index contributed by atoms with van der Waals surface area (Å²) < 4.78 is 18.4. The first-order chi connectivity index (χ1) is 14.0. The fraction of sp³-hybridized carbons (Fsp3) is 0.391. The van der Waals surface area contributed by atoms with Crippen LogP contribution in [0.4, 0.5) is 4.39 Å². The first kappa shape index (κ1) is 20.8. The molecule has 29 heavy (non-hydrogen) atoms. The highest BCUT2D eigenvalue weighted by atomic mass is 19.1. The van der Waals surface area contributed by atoms with E-state index in [1.807, 2.05) is 30.3 Å². The molecule has 0 radical (unpaired) electrons. The van der Waals surface area contributed by atoms with Gasteiger partial charge in [-0.3, -0.25) is 9.59 Å². The zero-order valence-electron chi connectivity index (χ0n) is 16.7. The molecule has 1 fully saturated rings. The average molecular weight is 398 g/mol. The number of carbonyl (C=O) groups is 2. The second-order valence-electron chi connectivity index (χ2n) is 7.58. The van der Waals surface area contributed by atoms with Gasteiger partial charge in [0.25, 0.3) is 0 Å². The molecule has 1 saturated heterocycles. The van der Waals surface area contributed by atoms with Crippen molar-refractivity contribution >= 4 is 11.8 Å². The van der Waals surface area contributed by atoms with Gasteiger partial charge in [0.15, 0.2) is 0 Å². The lowest BCUT2D eigenvalue weighted by Crippen LogP contribution is -2.44. The van der Waals surface area contributed by atoms with Crippen molar-refractivity contribution in [3.63, 3.8) is 0 Å². The number of amides is 2. The van der Waals surface area contributed by atoms with Crippen molar-refractivity contribution in [1.29, 1.82) is 0 Å². The van der Waals surface area contributed by atoms with Crippen LogP contribution in [0.2, 0.25) is 0 Å². The first-order valence-corrected chi connectivity index (χ1v) is 9.93. The Bertz CT molecular complexity index is 853. The molecule has 0 spiro atoms. The summed E-state index contributed by atoms with van der Waals surface area (Å²) >= 11 is 0. The maximum Gasteiger partial charge on any atom is 0.220 e. The molecule has 0 aliphatic carbocycles. The molecule has 6 heteroatoms. The van der Waals surface area contributed by atoms with E-state index in [1.54, 1.807) is 13.2 Å². The maximum absolute atomic E-state index is 13.2. The minimum Gasteiger partial charge on any atom is -0.497 e. The lowest BCUT2D eigenvalue weighted by molar-refractivity contribution is -0.122. The molecule has 1 unspecified atom stereocenters. The smallest absolute Gasteiger partial charge is 0.220 e. The third-order valence-electron chi connectivity index (χ3n) is 5.39. The Balaban J connectivity index is 1.51. The number of rotatable bonds is 9. The van der Waals surface area contributed by atoms with Crippen LogP contribution in [0.3, 0.4) is 0 Å². The lowest BCUT2D eigenvalue weighted by atomic mass is 9.85. The van der Waals surface area contributed by atoms with Crippen LogP contribution in [0.25, 0.3) is 0 Å². The Kier molecular flexibility index (Phi) is 6.86. The van der Waals surface area contributed by atoms with Gasteiger partial charge in [0.1, 0.15) is 11.6 Å². The molecule has 1 heterocycles. The van der Waals surface area contributed by atoms with Crippen LogP contribution in [0, 0.1) is 5.82 Å². The van der Waals surface area contributed by atoms with Gasteiger partial charge in [0, 0.05) is 24.9 Å². The molecular weight excluding hydrogens is 371 g/mol. The topological polar surface area (TPSA) is 67.4 Å². The summed E-state index contributed by atoms with van der Waals surface area (Å²) in [5, 5.41) is 5.99. The van der Waals surface area contributed by atoms with Gasteiger partial charge in [-0.2, -0.15) is 0 Å². The SMILES string of the molecule is COc1ccc(CC2(CCC(=O)NCCc3cccc(F)c3)CCC(=O)N2)cc1. The predicted octanol–water partition coefficient (Wildman–Crippen LogP) is 3.16. The molecular formula is C23H27FN2O3. The van der Waals surface area contributed by atoms with Crippen molar-refractivity contribution in [2.75, 3.05) is 13.7 Å². The van der Waals surface area contributed by atoms with Gasteiger partial charge in [-0.1, -0.05) is 24.3 Å². The van der Waals surface area contributed by atoms with E-state index in [9.17, 15) is 14.0 Å². The summed E-state index contributed by atoms with van der Waals surface area (Å²) in [6.45, 7) is 0.458. The molecule has 2 aromatic rings. The first-order valence-electron chi connectivity index (χ1n) is 9.93. The Morgan fingerprint density at radius 1 is 1.21 bits per heavy atom. The van der Waals surface area contributed by atoms with E-state index in [0.717, 1.165) is 16.9 Å². The van der Waals surface area contributed by atoms with Gasteiger partial charge < -0.3 is 15.4 Å². The molecule has 2 amide bonds. The third-order valence-corrected chi connectivity index (χ3v) is 5.39. The molecule has 1 aliphatic heterocycles. The Labute approximate surface area is 170 Å². The molecule has 2 aromatic carbocycles. The van der Waals surface area contributed by atoms with Crippen LogP contribution in [-0.4, -0.2) is 31.0 Å². The summed E-state index contributed by atoms with van der Waals surface area (Å²) in [4.78, 5) is 24.2. The fourth-order valence-corrected chi connectivity index (χ4v) is 3.80. The fourth-order valence-electron chi connectivity index (χ4n) is 3.80. The second-order valence-corrected chi connectivity index (χ2v) is 7.58. The van der Waals surface area contributed by atoms with Crippen LogP contribution < -0.4 is 15.4 Å². The molecule has 5 nitrogen and oxygen atoms in total. The number of hydrogen-bond acceptors (Lipinski definition) is 3. The standard InChI is InChI=1S/C23H27FN2O3/c1-29-20-7-5-18(6-8-20)16-23(13-10-22(28)26-23)12-9-21(27)25-14-11-17-3-2-4-19(24)15-17/h2-8,15H,9-14,16H2,1H3,(H,25,27)(H,26,28). The van der Waals surface area contributed by atoms with Crippen LogP contribution in [0.5, 0.6) is 5.75 Å². The highest BCUT2D eigenvalue weighted by Crippen LogP contribution is 2.30. The minimum absolute atomic E-state index is 0.0324. The van der Waals surface area contributed by atoms with Crippen molar-refractivity contribution in [1.82, 2.24) is 10.6 Å². The molecule has 2 N–H and O–H groups in total. The Hall–Kier alpha value is -2.89. The molecule has 0 aromatic heterocycles. The third kappa shape index (κ3) is 6.04. The van der Waals surface area contributed by atoms with E-state index in [2.05, 4.69) is 10.6 Å². The predicted molar refractivity (Wildman–Crippen MR) is 109 cm³/mol. The number of benzene rings is 2. The van der Waals surface area contributed by atoms with E-state index in [4.69, 9.17) is 4.74 Å². The highest BCUT2D eigenvalue weighted by Gasteiger charge is 2.37. The number of carbonyl (C=O) groups excluding carboxylic acids is 2. The van der Waals surface area contributed by atoms with Gasteiger partial charge in [0.2, 0.25) is 11.8 Å². The van der Waals surface area contributed by atoms with Crippen molar-refractivity contribution in [2.45, 2.75) is 44.1 Å². The Morgan fingerprint density at radius 2 is 2.00 bits per heavy atom. The van der Waals surface area contributed by atoms with Crippen molar-refractivity contribution in [3.8, 4) is 5.75 Å². The summed E-state index contributed by atoms with van der Waals surface area (Å²) in [6, 6.07) is 14.2. The zero-order chi connectivity index (χ0) is 20.7. The normalized spacial score (nSPS) is 18.3. The number of halogens is 1. The summed E-state index contributed by atoms with van der Waals surface area (Å²) in [5.74, 6) is 0.490. The number of hydrogen-bond donors (Lipinski definition) is 2. The van der Waals surface area contributed by atoms with Gasteiger partial charge in [-0.05, 0) is 61.1 Å². The van der Waals surface area contributed by atoms with Gasteiger partial charge in [-0.15, -0.1) is 0 Å². The summed E-state index contributed by atoms with van der Waals surface area (Å²) in [5.41, 5.74) is 1.55. The maximum atomic E-state index is 13.2. The number of methoxy groups -OCH3 is 1. The second kappa shape index (κ2) is 9.54. The molecule has 1 aliphatic rings. The van der Waals surface area contributed by atoms with E-state index < -0.39 is 5.54 Å². The highest BCUT2D eigenvalue weighted by molar-refractivity contribution is 5.80. The largest absolute Gasteiger partial charge is 0.497 e. The van der Waals surface area contributed by atoms with E-state index >= 15 is 0 Å².